The topological polar surface area (TPSA) is 98.7 Å². The van der Waals surface area contributed by atoms with Gasteiger partial charge in [0.25, 0.3) is 0 Å². The molecule has 0 spiro atoms. The molecule has 0 bridgehead atoms. The summed E-state index contributed by atoms with van der Waals surface area (Å²) in [6.07, 6.45) is 4.37. The van der Waals surface area contributed by atoms with Crippen molar-refractivity contribution in [2.24, 2.45) is 5.92 Å². The van der Waals surface area contributed by atoms with Gasteiger partial charge in [0.1, 0.15) is 0 Å². The van der Waals surface area contributed by atoms with Gasteiger partial charge in [0.2, 0.25) is 0 Å². The van der Waals surface area contributed by atoms with Gasteiger partial charge in [0.15, 0.2) is 6.10 Å². The molecule has 0 radical (unpaired) electrons. The molecule has 0 saturated heterocycles. The number of carbonyl (C=O) groups is 2. The van der Waals surface area contributed by atoms with Crippen LogP contribution in [0.5, 0.6) is 0 Å². The summed E-state index contributed by atoms with van der Waals surface area (Å²) in [7, 11) is 0. The van der Waals surface area contributed by atoms with Crippen molar-refractivity contribution in [3.05, 3.63) is 0 Å². The Kier molecular flexibility index (Phi) is 5.91. The average molecular weight is 258 g/mol. The Bertz CT molecular complexity index is 290. The molecule has 1 fully saturated rings. The highest BCUT2D eigenvalue weighted by Crippen LogP contribution is 2.26. The van der Waals surface area contributed by atoms with Gasteiger partial charge in [-0.1, -0.05) is 19.3 Å². The Morgan fingerprint density at radius 1 is 1.28 bits per heavy atom. The van der Waals surface area contributed by atoms with Crippen LogP contribution in [0.4, 0.5) is 4.79 Å². The fourth-order valence-electron chi connectivity index (χ4n) is 2.29. The summed E-state index contributed by atoms with van der Waals surface area (Å²) < 4.78 is 0. The highest BCUT2D eigenvalue weighted by atomic mass is 16.4. The zero-order valence-electron chi connectivity index (χ0n) is 10.7. The van der Waals surface area contributed by atoms with Gasteiger partial charge in [0.05, 0.1) is 6.54 Å². The number of carboxylic acids is 1. The number of aliphatic hydroxyl groups excluding tert-OH is 1. The van der Waals surface area contributed by atoms with Gasteiger partial charge in [-0.25, -0.2) is 9.59 Å². The molecule has 0 aromatic carbocycles. The molecule has 1 rings (SSSR count). The maximum absolute atomic E-state index is 11.5. The number of nitrogens with one attached hydrogen (secondary N) is 2. The number of aliphatic hydroxyl groups is 1. The van der Waals surface area contributed by atoms with Gasteiger partial charge in [-0.15, -0.1) is 0 Å². The normalized spacial score (nSPS) is 19.9. The number of amides is 2. The number of carbonyl (C=O) groups excluding carboxylic acids is 1. The Morgan fingerprint density at radius 3 is 2.44 bits per heavy atom. The summed E-state index contributed by atoms with van der Waals surface area (Å²) in [5, 5.41) is 22.6. The molecule has 0 heterocycles. The van der Waals surface area contributed by atoms with Crippen LogP contribution in [0, 0.1) is 5.92 Å². The molecule has 104 valence electrons. The molecule has 6 heteroatoms. The van der Waals surface area contributed by atoms with Crippen molar-refractivity contribution in [1.82, 2.24) is 10.6 Å². The summed E-state index contributed by atoms with van der Waals surface area (Å²) >= 11 is 0. The summed E-state index contributed by atoms with van der Waals surface area (Å²) in [4.78, 5) is 21.9. The lowest BCUT2D eigenvalue weighted by Gasteiger charge is -2.28. The summed E-state index contributed by atoms with van der Waals surface area (Å²) in [5.41, 5.74) is 0. The van der Waals surface area contributed by atoms with E-state index in [0.29, 0.717) is 5.92 Å². The van der Waals surface area contributed by atoms with E-state index in [1.807, 2.05) is 6.92 Å². The maximum Gasteiger partial charge on any atom is 0.334 e. The SMILES string of the molecule is CC(NC(=O)NC[C@H](O)C(=O)O)C1CCCCC1. The number of urea groups is 1. The molecule has 18 heavy (non-hydrogen) atoms. The van der Waals surface area contributed by atoms with E-state index in [1.165, 1.54) is 19.3 Å². The summed E-state index contributed by atoms with van der Waals surface area (Å²) in [6, 6.07) is -0.347. The van der Waals surface area contributed by atoms with E-state index >= 15 is 0 Å². The molecule has 1 aliphatic rings. The van der Waals surface area contributed by atoms with Crippen LogP contribution in [-0.2, 0) is 4.79 Å². The van der Waals surface area contributed by atoms with Crippen LogP contribution in [0.3, 0.4) is 0 Å². The molecule has 0 aliphatic heterocycles. The standard InChI is InChI=1S/C12H22N2O4/c1-8(9-5-3-2-4-6-9)14-12(18)13-7-10(15)11(16)17/h8-10,15H,2-7H2,1H3,(H,16,17)(H2,13,14,18)/t8?,10-/m0/s1. The minimum Gasteiger partial charge on any atom is -0.479 e. The lowest BCUT2D eigenvalue weighted by atomic mass is 9.85. The highest BCUT2D eigenvalue weighted by molar-refractivity contribution is 5.76. The summed E-state index contributed by atoms with van der Waals surface area (Å²) in [5.74, 6) is -0.843. The molecule has 1 unspecified atom stereocenters. The highest BCUT2D eigenvalue weighted by Gasteiger charge is 2.22. The number of hydrogen-bond donors (Lipinski definition) is 4. The minimum atomic E-state index is -1.55. The molecule has 2 amide bonds. The largest absolute Gasteiger partial charge is 0.479 e. The van der Waals surface area contributed by atoms with Crippen molar-refractivity contribution in [3.63, 3.8) is 0 Å². The molecule has 4 N–H and O–H groups in total. The van der Waals surface area contributed by atoms with E-state index in [0.717, 1.165) is 12.8 Å². The first-order valence-corrected chi connectivity index (χ1v) is 6.46. The zero-order chi connectivity index (χ0) is 13.5. The molecular weight excluding hydrogens is 236 g/mol. The molecule has 0 aromatic rings. The van der Waals surface area contributed by atoms with Crippen LogP contribution in [0.25, 0.3) is 0 Å². The van der Waals surface area contributed by atoms with E-state index in [1.54, 1.807) is 0 Å². The zero-order valence-corrected chi connectivity index (χ0v) is 10.7. The number of aliphatic carboxylic acids is 1. The maximum atomic E-state index is 11.5. The Balaban J connectivity index is 2.24. The van der Waals surface area contributed by atoms with Crippen LogP contribution in [0.1, 0.15) is 39.0 Å². The molecule has 1 saturated carbocycles. The third-order valence-corrected chi connectivity index (χ3v) is 3.46. The van der Waals surface area contributed by atoms with Crippen LogP contribution in [0.2, 0.25) is 0 Å². The Morgan fingerprint density at radius 2 is 1.89 bits per heavy atom. The van der Waals surface area contributed by atoms with Crippen molar-refractivity contribution >= 4 is 12.0 Å². The second-order valence-electron chi connectivity index (χ2n) is 4.90. The van der Waals surface area contributed by atoms with Gasteiger partial charge in [-0.05, 0) is 25.7 Å². The van der Waals surface area contributed by atoms with Gasteiger partial charge in [-0.3, -0.25) is 0 Å². The molecule has 6 nitrogen and oxygen atoms in total. The van der Waals surface area contributed by atoms with Gasteiger partial charge in [-0.2, -0.15) is 0 Å². The van der Waals surface area contributed by atoms with Crippen molar-refractivity contribution in [1.29, 1.82) is 0 Å². The predicted octanol–water partition coefficient (Wildman–Crippen LogP) is 0.700. The quantitative estimate of drug-likeness (QED) is 0.583. The second kappa shape index (κ2) is 7.20. The van der Waals surface area contributed by atoms with E-state index < -0.39 is 18.1 Å². The predicted molar refractivity (Wildman–Crippen MR) is 66.2 cm³/mol. The lowest BCUT2D eigenvalue weighted by Crippen LogP contribution is -2.47. The fourth-order valence-corrected chi connectivity index (χ4v) is 2.29. The van der Waals surface area contributed by atoms with E-state index in [4.69, 9.17) is 10.2 Å². The lowest BCUT2D eigenvalue weighted by molar-refractivity contribution is -0.146. The van der Waals surface area contributed by atoms with E-state index in [9.17, 15) is 9.59 Å². The van der Waals surface area contributed by atoms with Crippen molar-refractivity contribution in [2.45, 2.75) is 51.2 Å². The fraction of sp³-hybridized carbons (Fsp3) is 0.833. The molecule has 0 aromatic heterocycles. The van der Waals surface area contributed by atoms with Crippen molar-refractivity contribution in [2.75, 3.05) is 6.54 Å². The summed E-state index contributed by atoms with van der Waals surface area (Å²) in [6.45, 7) is 1.68. The third-order valence-electron chi connectivity index (χ3n) is 3.46. The molecule has 1 aliphatic carbocycles. The van der Waals surface area contributed by atoms with Gasteiger partial charge < -0.3 is 20.8 Å². The Labute approximate surface area is 107 Å². The smallest absolute Gasteiger partial charge is 0.334 e. The minimum absolute atomic E-state index is 0.0762. The van der Waals surface area contributed by atoms with Crippen molar-refractivity contribution < 1.29 is 19.8 Å². The van der Waals surface area contributed by atoms with Gasteiger partial charge >= 0.3 is 12.0 Å². The van der Waals surface area contributed by atoms with Crippen LogP contribution in [0.15, 0.2) is 0 Å². The van der Waals surface area contributed by atoms with E-state index in [2.05, 4.69) is 10.6 Å². The Hall–Kier alpha value is -1.30. The van der Waals surface area contributed by atoms with E-state index in [-0.39, 0.29) is 12.6 Å². The van der Waals surface area contributed by atoms with Crippen molar-refractivity contribution in [3.8, 4) is 0 Å². The van der Waals surface area contributed by atoms with Crippen LogP contribution < -0.4 is 10.6 Å². The second-order valence-corrected chi connectivity index (χ2v) is 4.90. The first-order valence-electron chi connectivity index (χ1n) is 6.46. The van der Waals surface area contributed by atoms with Crippen LogP contribution in [-0.4, -0.2) is 40.9 Å². The molecule has 2 atom stereocenters. The van der Waals surface area contributed by atoms with Crippen LogP contribution >= 0.6 is 0 Å². The number of hydrogen-bond acceptors (Lipinski definition) is 3. The van der Waals surface area contributed by atoms with Gasteiger partial charge in [0, 0.05) is 6.04 Å². The first kappa shape index (κ1) is 14.8. The number of carboxylic acid groups (broad SMARTS) is 1. The average Bonchev–Trinajstić information content (AvgIpc) is 2.36. The first-order chi connectivity index (χ1) is 8.50. The third kappa shape index (κ3) is 4.91. The number of rotatable bonds is 5. The monoisotopic (exact) mass is 258 g/mol. The molecular formula is C12H22N2O4.